The van der Waals surface area contributed by atoms with Gasteiger partial charge >= 0.3 is 0 Å². The number of hydrogen-bond donors (Lipinski definition) is 2. The summed E-state index contributed by atoms with van der Waals surface area (Å²) in [5.41, 5.74) is 0.959. The van der Waals surface area contributed by atoms with E-state index < -0.39 is 21.8 Å². The third-order valence-corrected chi connectivity index (χ3v) is 6.01. The molecule has 1 aliphatic heterocycles. The minimum absolute atomic E-state index is 0.144. The normalized spacial score (nSPS) is 18.4. The lowest BCUT2D eigenvalue weighted by Gasteiger charge is -2.19. The monoisotopic (exact) mass is 373 g/mol. The fraction of sp³-hybridized carbons (Fsp3) is 0.235. The Morgan fingerprint density at radius 1 is 1.23 bits per heavy atom. The van der Waals surface area contributed by atoms with Crippen molar-refractivity contribution < 1.29 is 22.5 Å². The molecule has 2 N–H and O–H groups in total. The maximum absolute atomic E-state index is 12.2. The lowest BCUT2D eigenvalue weighted by Crippen LogP contribution is -2.39. The zero-order valence-electron chi connectivity index (χ0n) is 13.8. The van der Waals surface area contributed by atoms with Gasteiger partial charge in [-0.25, -0.2) is 13.1 Å². The zero-order valence-corrected chi connectivity index (χ0v) is 14.6. The average molecular weight is 373 g/mol. The number of fused-ring (bicyclic) bond motifs is 3. The third kappa shape index (κ3) is 2.56. The number of carbonyl (C=O) groups is 2. The number of hydrogen-bond acceptors (Lipinski definition) is 6. The predicted molar refractivity (Wildman–Crippen MR) is 92.9 cm³/mol. The highest BCUT2D eigenvalue weighted by Gasteiger charge is 2.32. The quantitative estimate of drug-likeness (QED) is 0.670. The highest BCUT2D eigenvalue weighted by molar-refractivity contribution is 7.89. The van der Waals surface area contributed by atoms with Crippen molar-refractivity contribution in [2.45, 2.75) is 23.7 Å². The van der Waals surface area contributed by atoms with Gasteiger partial charge in [0.2, 0.25) is 21.8 Å². The van der Waals surface area contributed by atoms with Crippen LogP contribution in [0.25, 0.3) is 21.7 Å². The first-order valence-corrected chi connectivity index (χ1v) is 9.48. The summed E-state index contributed by atoms with van der Waals surface area (Å²) in [7, 11) is -2.21. The van der Waals surface area contributed by atoms with Crippen LogP contribution in [0.3, 0.4) is 0 Å². The molecule has 0 bridgehead atoms. The molecule has 2 aromatic carbocycles. The van der Waals surface area contributed by atoms with Gasteiger partial charge in [0.05, 0.1) is 16.2 Å². The summed E-state index contributed by atoms with van der Waals surface area (Å²) >= 11 is 0. The maximum Gasteiger partial charge on any atom is 0.240 e. The number of nitrogens with zero attached hydrogens (tertiary/aromatic N) is 1. The summed E-state index contributed by atoms with van der Waals surface area (Å²) in [5, 5.41) is 8.45. The highest BCUT2D eigenvalue weighted by Crippen LogP contribution is 2.35. The van der Waals surface area contributed by atoms with Gasteiger partial charge in [0.1, 0.15) is 5.69 Å². The number of benzene rings is 2. The van der Waals surface area contributed by atoms with E-state index in [0.29, 0.717) is 28.5 Å². The fourth-order valence-electron chi connectivity index (χ4n) is 3.25. The van der Waals surface area contributed by atoms with Crippen LogP contribution in [0, 0.1) is 0 Å². The molecule has 0 radical (unpaired) electrons. The second-order valence-electron chi connectivity index (χ2n) is 6.10. The van der Waals surface area contributed by atoms with Crippen LogP contribution < -0.4 is 10.0 Å². The smallest absolute Gasteiger partial charge is 0.240 e. The summed E-state index contributed by atoms with van der Waals surface area (Å²) in [4.78, 5) is 23.7. The topological polar surface area (TPSA) is 118 Å². The van der Waals surface area contributed by atoms with Gasteiger partial charge in [-0.2, -0.15) is 0 Å². The molecule has 2 amide bonds. The van der Waals surface area contributed by atoms with E-state index in [-0.39, 0.29) is 17.2 Å². The molecule has 0 unspecified atom stereocenters. The number of nitrogens with one attached hydrogen (secondary N) is 2. The minimum Gasteiger partial charge on any atom is -0.356 e. The van der Waals surface area contributed by atoms with Crippen molar-refractivity contribution in [3.05, 3.63) is 36.0 Å². The van der Waals surface area contributed by atoms with Gasteiger partial charge in [0.15, 0.2) is 5.58 Å². The summed E-state index contributed by atoms with van der Waals surface area (Å²) in [6.07, 6.45) is 0.592. The number of rotatable bonds is 3. The summed E-state index contributed by atoms with van der Waals surface area (Å²) in [5.74, 6) is -1.28. The molecule has 0 spiro atoms. The van der Waals surface area contributed by atoms with Crippen LogP contribution >= 0.6 is 0 Å². The van der Waals surface area contributed by atoms with Gasteiger partial charge in [0.25, 0.3) is 0 Å². The Labute approximate surface area is 148 Å². The van der Waals surface area contributed by atoms with Gasteiger partial charge in [-0.3, -0.25) is 14.9 Å². The summed E-state index contributed by atoms with van der Waals surface area (Å²) in [6, 6.07) is 8.16. The Hall–Kier alpha value is -2.78. The van der Waals surface area contributed by atoms with Gasteiger partial charge in [0, 0.05) is 6.42 Å². The molecule has 0 saturated carbocycles. The maximum atomic E-state index is 12.2. The minimum atomic E-state index is -3.57. The molecule has 9 heteroatoms. The molecular weight excluding hydrogens is 358 g/mol. The van der Waals surface area contributed by atoms with E-state index in [1.54, 1.807) is 24.3 Å². The van der Waals surface area contributed by atoms with E-state index in [2.05, 4.69) is 15.2 Å². The Morgan fingerprint density at radius 3 is 2.77 bits per heavy atom. The van der Waals surface area contributed by atoms with E-state index in [4.69, 9.17) is 4.52 Å². The van der Waals surface area contributed by atoms with Crippen LogP contribution in [0.1, 0.15) is 24.5 Å². The van der Waals surface area contributed by atoms with Gasteiger partial charge in [-0.1, -0.05) is 17.3 Å². The number of carbonyl (C=O) groups excluding carboxylic acids is 2. The molecule has 1 aliphatic rings. The van der Waals surface area contributed by atoms with E-state index in [1.165, 1.54) is 13.1 Å². The van der Waals surface area contributed by atoms with Crippen molar-refractivity contribution >= 4 is 43.6 Å². The Kier molecular flexibility index (Phi) is 3.78. The number of imide groups is 1. The second-order valence-corrected chi connectivity index (χ2v) is 7.99. The third-order valence-electron chi connectivity index (χ3n) is 4.60. The first-order chi connectivity index (χ1) is 12.4. The first kappa shape index (κ1) is 16.7. The van der Waals surface area contributed by atoms with Crippen molar-refractivity contribution in [1.82, 2.24) is 15.2 Å². The van der Waals surface area contributed by atoms with Crippen LogP contribution in [0.15, 0.2) is 39.8 Å². The van der Waals surface area contributed by atoms with Crippen molar-refractivity contribution in [2.75, 3.05) is 7.05 Å². The van der Waals surface area contributed by atoms with Gasteiger partial charge in [-0.15, -0.1) is 0 Å². The molecular formula is C17H15N3O5S. The van der Waals surface area contributed by atoms with Crippen molar-refractivity contribution in [2.24, 2.45) is 0 Å². The van der Waals surface area contributed by atoms with E-state index in [9.17, 15) is 18.0 Å². The predicted octanol–water partition coefficient (Wildman–Crippen LogP) is 1.41. The zero-order chi connectivity index (χ0) is 18.5. The molecule has 3 aromatic rings. The molecule has 1 saturated heterocycles. The van der Waals surface area contributed by atoms with Crippen LogP contribution in [-0.2, 0) is 19.6 Å². The van der Waals surface area contributed by atoms with Crippen LogP contribution in [-0.4, -0.2) is 32.4 Å². The van der Waals surface area contributed by atoms with Crippen LogP contribution in [0.2, 0.25) is 0 Å². The Bertz CT molecular complexity index is 1170. The second kappa shape index (κ2) is 5.89. The van der Waals surface area contributed by atoms with Crippen molar-refractivity contribution in [1.29, 1.82) is 0 Å². The molecule has 1 atom stereocenters. The van der Waals surface area contributed by atoms with Gasteiger partial charge < -0.3 is 4.52 Å². The number of sulfonamides is 1. The van der Waals surface area contributed by atoms with E-state index in [1.807, 2.05) is 0 Å². The molecule has 2 heterocycles. The lowest BCUT2D eigenvalue weighted by molar-refractivity contribution is -0.134. The summed E-state index contributed by atoms with van der Waals surface area (Å²) in [6.45, 7) is 0. The first-order valence-electron chi connectivity index (χ1n) is 8.00. The molecule has 0 aliphatic carbocycles. The number of piperidine rings is 1. The van der Waals surface area contributed by atoms with E-state index in [0.717, 1.165) is 5.39 Å². The van der Waals surface area contributed by atoms with Gasteiger partial charge in [-0.05, 0) is 42.4 Å². The molecule has 134 valence electrons. The largest absolute Gasteiger partial charge is 0.356 e. The van der Waals surface area contributed by atoms with Crippen molar-refractivity contribution in [3.8, 4) is 0 Å². The fourth-order valence-corrected chi connectivity index (χ4v) is 4.01. The molecule has 26 heavy (non-hydrogen) atoms. The molecule has 4 rings (SSSR count). The van der Waals surface area contributed by atoms with Crippen LogP contribution in [0.4, 0.5) is 0 Å². The Balaban J connectivity index is 1.91. The van der Waals surface area contributed by atoms with Crippen molar-refractivity contribution in [3.63, 3.8) is 0 Å². The number of amides is 2. The molecule has 1 aromatic heterocycles. The Morgan fingerprint density at radius 2 is 2.04 bits per heavy atom. The standard InChI is InChI=1S/C17H15N3O5S/c1-18-26(23,24)10-3-4-11-9(8-10)2-6-13-15(11)16(20-25-13)12-5-7-14(21)19-17(12)22/h2-4,6,8,12,18H,5,7H2,1H3,(H,19,21,22)/t12-/m1/s1. The van der Waals surface area contributed by atoms with Crippen LogP contribution in [0.5, 0.6) is 0 Å². The average Bonchev–Trinajstić information content (AvgIpc) is 3.05. The lowest BCUT2D eigenvalue weighted by atomic mass is 9.91. The van der Waals surface area contributed by atoms with E-state index >= 15 is 0 Å². The molecule has 8 nitrogen and oxygen atoms in total. The SMILES string of the molecule is CNS(=O)(=O)c1ccc2c(ccc3onc([C@H]4CCC(=O)NC4=O)c32)c1. The number of aromatic nitrogens is 1. The molecule has 1 fully saturated rings. The summed E-state index contributed by atoms with van der Waals surface area (Å²) < 4.78 is 31.7. The highest BCUT2D eigenvalue weighted by atomic mass is 32.2.